The van der Waals surface area contributed by atoms with Gasteiger partial charge in [0, 0.05) is 24.8 Å². The van der Waals surface area contributed by atoms with E-state index in [2.05, 4.69) is 10.6 Å². The van der Waals surface area contributed by atoms with E-state index in [4.69, 9.17) is 4.42 Å². The number of rotatable bonds is 7. The fourth-order valence-electron chi connectivity index (χ4n) is 3.50. The Morgan fingerprint density at radius 2 is 1.90 bits per heavy atom. The number of hydrogen-bond donors (Lipinski definition) is 2. The van der Waals surface area contributed by atoms with Gasteiger partial charge in [-0.2, -0.15) is 0 Å². The number of carbonyl (C=O) groups is 3. The predicted molar refractivity (Wildman–Crippen MR) is 108 cm³/mol. The summed E-state index contributed by atoms with van der Waals surface area (Å²) in [6.07, 6.45) is 2.59. The summed E-state index contributed by atoms with van der Waals surface area (Å²) in [6.45, 7) is 0.458. The van der Waals surface area contributed by atoms with Crippen molar-refractivity contribution < 1.29 is 18.8 Å². The van der Waals surface area contributed by atoms with Crippen LogP contribution in [0.2, 0.25) is 0 Å². The van der Waals surface area contributed by atoms with Gasteiger partial charge in [0.1, 0.15) is 11.8 Å². The van der Waals surface area contributed by atoms with Crippen LogP contribution in [-0.4, -0.2) is 30.4 Å². The minimum atomic E-state index is -0.711. The van der Waals surface area contributed by atoms with Gasteiger partial charge in [-0.05, 0) is 30.0 Å². The van der Waals surface area contributed by atoms with Gasteiger partial charge in [-0.3, -0.25) is 9.59 Å². The van der Waals surface area contributed by atoms with Gasteiger partial charge in [0.05, 0.1) is 12.0 Å². The lowest BCUT2D eigenvalue weighted by molar-refractivity contribution is -0.121. The topological polar surface area (TPSA) is 91.7 Å². The molecular formula is C22H21N3O4. The van der Waals surface area contributed by atoms with Crippen LogP contribution in [0.15, 0.2) is 65.3 Å². The highest BCUT2D eigenvalue weighted by molar-refractivity contribution is 6.24. The number of amides is 4. The lowest BCUT2D eigenvalue weighted by Crippen LogP contribution is -2.33. The molecule has 0 unspecified atom stereocenters. The average Bonchev–Trinajstić information content (AvgIpc) is 3.34. The van der Waals surface area contributed by atoms with Crippen LogP contribution in [0.4, 0.5) is 10.5 Å². The zero-order valence-electron chi connectivity index (χ0n) is 15.8. The summed E-state index contributed by atoms with van der Waals surface area (Å²) < 4.78 is 5.22. The number of furan rings is 1. The van der Waals surface area contributed by atoms with Gasteiger partial charge in [0.15, 0.2) is 0 Å². The maximum Gasteiger partial charge on any atom is 0.329 e. The third-order valence-electron chi connectivity index (χ3n) is 4.96. The summed E-state index contributed by atoms with van der Waals surface area (Å²) in [5.41, 5.74) is 0.552. The van der Waals surface area contributed by atoms with Crippen LogP contribution in [0.5, 0.6) is 0 Å². The maximum atomic E-state index is 12.8. The molecule has 7 nitrogen and oxygen atoms in total. The molecule has 0 radical (unpaired) electrons. The summed E-state index contributed by atoms with van der Waals surface area (Å²) in [5.74, 6) is 0.297. The number of hydrogen-bond acceptors (Lipinski definition) is 4. The molecular weight excluding hydrogens is 370 g/mol. The summed E-state index contributed by atoms with van der Waals surface area (Å²) in [5, 5.41) is 7.27. The fourth-order valence-corrected chi connectivity index (χ4v) is 3.50. The van der Waals surface area contributed by atoms with Crippen molar-refractivity contribution in [2.24, 2.45) is 0 Å². The largest absolute Gasteiger partial charge is 0.469 e. The van der Waals surface area contributed by atoms with Gasteiger partial charge >= 0.3 is 6.03 Å². The molecule has 1 aromatic heterocycles. The summed E-state index contributed by atoms with van der Waals surface area (Å²) in [4.78, 5) is 38.5. The Bertz CT molecular complexity index is 1040. The van der Waals surface area contributed by atoms with Crippen molar-refractivity contribution >= 4 is 34.3 Å². The molecule has 0 bridgehead atoms. The number of nitrogens with one attached hydrogen (secondary N) is 2. The Kier molecular flexibility index (Phi) is 5.29. The van der Waals surface area contributed by atoms with E-state index >= 15 is 0 Å². The van der Waals surface area contributed by atoms with E-state index < -0.39 is 12.1 Å². The molecule has 3 aromatic rings. The predicted octanol–water partition coefficient (Wildman–Crippen LogP) is 3.00. The van der Waals surface area contributed by atoms with Crippen LogP contribution in [-0.2, 0) is 16.0 Å². The first kappa shape index (κ1) is 18.7. The Balaban J connectivity index is 1.36. The molecule has 2 heterocycles. The van der Waals surface area contributed by atoms with Crippen molar-refractivity contribution in [1.82, 2.24) is 10.6 Å². The van der Waals surface area contributed by atoms with Crippen molar-refractivity contribution in [2.45, 2.75) is 25.3 Å². The molecule has 7 heteroatoms. The zero-order valence-corrected chi connectivity index (χ0v) is 15.8. The molecule has 0 aliphatic carbocycles. The number of carbonyl (C=O) groups excluding carboxylic acids is 3. The molecule has 1 saturated heterocycles. The minimum absolute atomic E-state index is 0.151. The Hall–Kier alpha value is -3.61. The molecule has 0 spiro atoms. The Morgan fingerprint density at radius 1 is 1.07 bits per heavy atom. The smallest absolute Gasteiger partial charge is 0.329 e. The van der Waals surface area contributed by atoms with E-state index in [0.29, 0.717) is 18.7 Å². The number of anilines is 1. The van der Waals surface area contributed by atoms with Crippen LogP contribution in [0.1, 0.15) is 18.6 Å². The van der Waals surface area contributed by atoms with E-state index in [1.54, 1.807) is 18.4 Å². The molecule has 148 valence electrons. The summed E-state index contributed by atoms with van der Waals surface area (Å²) in [6, 6.07) is 15.6. The van der Waals surface area contributed by atoms with Crippen molar-refractivity contribution in [2.75, 3.05) is 11.4 Å². The number of nitrogens with zero attached hydrogens (tertiary/aromatic N) is 1. The first-order chi connectivity index (χ1) is 14.1. The molecule has 0 saturated carbocycles. The lowest BCUT2D eigenvalue weighted by Gasteiger charge is -2.15. The van der Waals surface area contributed by atoms with Crippen molar-refractivity contribution in [3.05, 3.63) is 66.6 Å². The SMILES string of the molecule is O=C(CC[C@@H]1NC(=O)N(c2cccc3ccccc23)C1=O)NCCc1ccco1. The first-order valence-electron chi connectivity index (χ1n) is 9.55. The van der Waals surface area contributed by atoms with Gasteiger partial charge < -0.3 is 15.1 Å². The first-order valence-corrected chi connectivity index (χ1v) is 9.55. The molecule has 1 aliphatic heterocycles. The van der Waals surface area contributed by atoms with Crippen LogP contribution >= 0.6 is 0 Å². The second-order valence-electron chi connectivity index (χ2n) is 6.89. The van der Waals surface area contributed by atoms with Gasteiger partial charge in [0.2, 0.25) is 5.91 Å². The summed E-state index contributed by atoms with van der Waals surface area (Å²) >= 11 is 0. The highest BCUT2D eigenvalue weighted by atomic mass is 16.3. The normalized spacial score (nSPS) is 16.3. The molecule has 29 heavy (non-hydrogen) atoms. The molecule has 1 aliphatic rings. The molecule has 2 N–H and O–H groups in total. The zero-order chi connectivity index (χ0) is 20.2. The minimum Gasteiger partial charge on any atom is -0.469 e. The van der Waals surface area contributed by atoms with E-state index in [9.17, 15) is 14.4 Å². The molecule has 1 fully saturated rings. The van der Waals surface area contributed by atoms with Gasteiger partial charge in [-0.25, -0.2) is 9.69 Å². The third-order valence-corrected chi connectivity index (χ3v) is 4.96. The maximum absolute atomic E-state index is 12.8. The molecule has 2 aromatic carbocycles. The number of benzene rings is 2. The van der Waals surface area contributed by atoms with E-state index in [1.807, 2.05) is 42.5 Å². The van der Waals surface area contributed by atoms with Crippen molar-refractivity contribution in [1.29, 1.82) is 0 Å². The Morgan fingerprint density at radius 3 is 2.72 bits per heavy atom. The summed E-state index contributed by atoms with van der Waals surface area (Å²) in [7, 11) is 0. The quantitative estimate of drug-likeness (QED) is 0.606. The molecule has 4 amide bonds. The highest BCUT2D eigenvalue weighted by Gasteiger charge is 2.39. The second-order valence-corrected chi connectivity index (χ2v) is 6.89. The van der Waals surface area contributed by atoms with Gasteiger partial charge in [0.25, 0.3) is 5.91 Å². The standard InChI is InChI=1S/C22H21N3O4/c26-20(23-13-12-16-7-4-14-29-16)11-10-18-21(27)25(22(28)24-18)19-9-3-6-15-5-1-2-8-17(15)19/h1-9,14,18H,10-13H2,(H,23,26)(H,24,28)/t18-/m0/s1. The van der Waals surface area contributed by atoms with Crippen molar-refractivity contribution in [3.8, 4) is 0 Å². The Labute approximate surface area is 167 Å². The number of fused-ring (bicyclic) bond motifs is 1. The van der Waals surface area contributed by atoms with E-state index in [0.717, 1.165) is 16.5 Å². The van der Waals surface area contributed by atoms with Crippen LogP contribution in [0.3, 0.4) is 0 Å². The van der Waals surface area contributed by atoms with E-state index in [-0.39, 0.29) is 24.7 Å². The number of urea groups is 1. The van der Waals surface area contributed by atoms with Gasteiger partial charge in [-0.15, -0.1) is 0 Å². The lowest BCUT2D eigenvalue weighted by atomic mass is 10.1. The van der Waals surface area contributed by atoms with Crippen LogP contribution < -0.4 is 15.5 Å². The van der Waals surface area contributed by atoms with Crippen LogP contribution in [0.25, 0.3) is 10.8 Å². The third kappa shape index (κ3) is 3.99. The highest BCUT2D eigenvalue weighted by Crippen LogP contribution is 2.29. The van der Waals surface area contributed by atoms with Crippen LogP contribution in [0, 0.1) is 0 Å². The van der Waals surface area contributed by atoms with Gasteiger partial charge in [-0.1, -0.05) is 36.4 Å². The fraction of sp³-hybridized carbons (Fsp3) is 0.227. The van der Waals surface area contributed by atoms with Crippen molar-refractivity contribution in [3.63, 3.8) is 0 Å². The molecule has 1 atom stereocenters. The second kappa shape index (κ2) is 8.18. The average molecular weight is 391 g/mol. The molecule has 4 rings (SSSR count). The van der Waals surface area contributed by atoms with E-state index in [1.165, 1.54) is 4.90 Å². The number of imide groups is 1. The monoisotopic (exact) mass is 391 g/mol.